The zero-order valence-electron chi connectivity index (χ0n) is 14.1. The Morgan fingerprint density at radius 3 is 2.96 bits per heavy atom. The van der Waals surface area contributed by atoms with Crippen LogP contribution in [0.4, 0.5) is 0 Å². The Morgan fingerprint density at radius 2 is 2.12 bits per heavy atom. The van der Waals surface area contributed by atoms with E-state index in [1.807, 2.05) is 24.4 Å². The standard InChI is InChI=1S/C19H17N7/c20-9-13-2-4-15(22-10-13)8-12-1-3-14(7-12)19-25-24-17-11-23-18-16(26(17)19)5-6-21-18/h2,4-6,10-12,14,21H,1,3,7-8H2/t12-,14+/m1/s1. The van der Waals surface area contributed by atoms with Gasteiger partial charge in [0.2, 0.25) is 0 Å². The number of pyridine rings is 1. The molecule has 1 N–H and O–H groups in total. The normalized spacial score (nSPS) is 20.0. The van der Waals surface area contributed by atoms with Crippen LogP contribution in [0.25, 0.3) is 16.8 Å². The van der Waals surface area contributed by atoms with E-state index in [1.165, 1.54) is 0 Å². The number of rotatable bonds is 3. The van der Waals surface area contributed by atoms with Gasteiger partial charge in [-0.25, -0.2) is 4.98 Å². The van der Waals surface area contributed by atoms with Gasteiger partial charge < -0.3 is 4.98 Å². The number of nitriles is 1. The summed E-state index contributed by atoms with van der Waals surface area (Å²) in [5.74, 6) is 2.01. The first-order valence-corrected chi connectivity index (χ1v) is 8.84. The van der Waals surface area contributed by atoms with Gasteiger partial charge in [-0.05, 0) is 49.8 Å². The summed E-state index contributed by atoms with van der Waals surface area (Å²) in [5, 5.41) is 17.7. The van der Waals surface area contributed by atoms with E-state index in [4.69, 9.17) is 5.26 Å². The summed E-state index contributed by atoms with van der Waals surface area (Å²) >= 11 is 0. The third-order valence-corrected chi connectivity index (χ3v) is 5.33. The van der Waals surface area contributed by atoms with E-state index in [-0.39, 0.29) is 0 Å². The largest absolute Gasteiger partial charge is 0.345 e. The van der Waals surface area contributed by atoms with E-state index >= 15 is 0 Å². The molecule has 7 nitrogen and oxygen atoms in total. The fourth-order valence-electron chi connectivity index (χ4n) is 4.06. The summed E-state index contributed by atoms with van der Waals surface area (Å²) in [7, 11) is 0. The minimum Gasteiger partial charge on any atom is -0.345 e. The Hall–Kier alpha value is -3.27. The molecule has 0 amide bonds. The molecule has 26 heavy (non-hydrogen) atoms. The first-order chi connectivity index (χ1) is 12.8. The number of aromatic amines is 1. The van der Waals surface area contributed by atoms with Crippen molar-refractivity contribution in [2.24, 2.45) is 5.92 Å². The molecule has 0 spiro atoms. The molecule has 7 heteroatoms. The second-order valence-electron chi connectivity index (χ2n) is 6.95. The summed E-state index contributed by atoms with van der Waals surface area (Å²) in [5.41, 5.74) is 4.34. The summed E-state index contributed by atoms with van der Waals surface area (Å²) in [6, 6.07) is 7.95. The van der Waals surface area contributed by atoms with Gasteiger partial charge >= 0.3 is 0 Å². The van der Waals surface area contributed by atoms with Crippen molar-refractivity contribution in [3.05, 3.63) is 53.9 Å². The van der Waals surface area contributed by atoms with Crippen LogP contribution in [-0.2, 0) is 6.42 Å². The molecule has 4 heterocycles. The van der Waals surface area contributed by atoms with Gasteiger partial charge in [0.1, 0.15) is 11.9 Å². The average Bonchev–Trinajstić information content (AvgIpc) is 3.40. The molecular formula is C19H17N7. The lowest BCUT2D eigenvalue weighted by Gasteiger charge is -2.10. The number of aromatic nitrogens is 6. The lowest BCUT2D eigenvalue weighted by atomic mass is 9.99. The Labute approximate surface area is 149 Å². The van der Waals surface area contributed by atoms with Crippen LogP contribution >= 0.6 is 0 Å². The number of nitrogens with zero attached hydrogens (tertiary/aromatic N) is 6. The topological polar surface area (TPSA) is 95.5 Å². The van der Waals surface area contributed by atoms with Gasteiger partial charge in [-0.3, -0.25) is 9.38 Å². The molecule has 0 radical (unpaired) electrons. The van der Waals surface area contributed by atoms with Crippen LogP contribution in [0.3, 0.4) is 0 Å². The van der Waals surface area contributed by atoms with Gasteiger partial charge in [0, 0.05) is 24.0 Å². The maximum atomic E-state index is 8.89. The number of hydrogen-bond acceptors (Lipinski definition) is 5. The predicted molar refractivity (Wildman–Crippen MR) is 95.4 cm³/mol. The molecule has 5 rings (SSSR count). The van der Waals surface area contributed by atoms with Crippen molar-refractivity contribution >= 4 is 16.8 Å². The quantitative estimate of drug-likeness (QED) is 0.617. The molecule has 4 aromatic rings. The molecule has 0 unspecified atom stereocenters. The minimum absolute atomic E-state index is 0.397. The van der Waals surface area contributed by atoms with Crippen LogP contribution in [0.2, 0.25) is 0 Å². The predicted octanol–water partition coefficient (Wildman–Crippen LogP) is 3.00. The van der Waals surface area contributed by atoms with Crippen LogP contribution in [0.1, 0.15) is 42.3 Å². The maximum absolute atomic E-state index is 8.89. The van der Waals surface area contributed by atoms with Crippen molar-refractivity contribution in [1.29, 1.82) is 5.26 Å². The Balaban J connectivity index is 1.39. The van der Waals surface area contributed by atoms with Crippen molar-refractivity contribution in [3.8, 4) is 6.07 Å². The number of H-pyrrole nitrogens is 1. The van der Waals surface area contributed by atoms with Gasteiger partial charge in [-0.15, -0.1) is 10.2 Å². The van der Waals surface area contributed by atoms with E-state index in [0.29, 0.717) is 17.4 Å². The van der Waals surface area contributed by atoms with Gasteiger partial charge in [0.05, 0.1) is 17.3 Å². The lowest BCUT2D eigenvalue weighted by Crippen LogP contribution is -2.05. The molecule has 0 aromatic carbocycles. The lowest BCUT2D eigenvalue weighted by molar-refractivity contribution is 0.524. The molecule has 128 valence electrons. The third kappa shape index (κ3) is 2.42. The van der Waals surface area contributed by atoms with Crippen LogP contribution in [0.15, 0.2) is 36.8 Å². The molecule has 4 aromatic heterocycles. The molecular weight excluding hydrogens is 326 g/mol. The van der Waals surface area contributed by atoms with E-state index in [1.54, 1.807) is 12.4 Å². The highest BCUT2D eigenvalue weighted by Gasteiger charge is 2.30. The van der Waals surface area contributed by atoms with Crippen LogP contribution in [0, 0.1) is 17.2 Å². The smallest absolute Gasteiger partial charge is 0.179 e. The Bertz CT molecular complexity index is 1120. The van der Waals surface area contributed by atoms with E-state index in [2.05, 4.69) is 35.6 Å². The van der Waals surface area contributed by atoms with Crippen LogP contribution in [-0.4, -0.2) is 29.5 Å². The maximum Gasteiger partial charge on any atom is 0.179 e. The van der Waals surface area contributed by atoms with Crippen LogP contribution in [0.5, 0.6) is 0 Å². The Morgan fingerprint density at radius 1 is 1.15 bits per heavy atom. The highest BCUT2D eigenvalue weighted by Crippen LogP contribution is 2.39. The number of nitrogens with one attached hydrogen (secondary N) is 1. The first-order valence-electron chi connectivity index (χ1n) is 8.84. The second-order valence-corrected chi connectivity index (χ2v) is 6.95. The summed E-state index contributed by atoms with van der Waals surface area (Å²) in [4.78, 5) is 12.0. The number of fused-ring (bicyclic) bond motifs is 3. The molecule has 0 saturated heterocycles. The van der Waals surface area contributed by atoms with E-state index in [9.17, 15) is 0 Å². The van der Waals surface area contributed by atoms with Crippen molar-refractivity contribution < 1.29 is 0 Å². The van der Waals surface area contributed by atoms with Crippen molar-refractivity contribution in [3.63, 3.8) is 0 Å². The van der Waals surface area contributed by atoms with Gasteiger partial charge in [0.25, 0.3) is 0 Å². The van der Waals surface area contributed by atoms with Gasteiger partial charge in [-0.2, -0.15) is 5.26 Å². The van der Waals surface area contributed by atoms with Crippen molar-refractivity contribution in [2.45, 2.75) is 31.6 Å². The molecule has 1 aliphatic carbocycles. The highest BCUT2D eigenvalue weighted by molar-refractivity contribution is 5.74. The fraction of sp³-hybridized carbons (Fsp3) is 0.316. The monoisotopic (exact) mass is 343 g/mol. The minimum atomic E-state index is 0.397. The first kappa shape index (κ1) is 15.0. The molecule has 2 atom stereocenters. The molecule has 0 bridgehead atoms. The average molecular weight is 343 g/mol. The Kier molecular flexibility index (Phi) is 3.42. The second kappa shape index (κ2) is 5.92. The molecule has 1 fully saturated rings. The molecule has 1 saturated carbocycles. The number of hydrogen-bond donors (Lipinski definition) is 1. The SMILES string of the molecule is N#Cc1ccc(C[C@@H]2CC[C@H](c3nnc4cnc5[nH]ccc5n34)C2)nc1. The highest BCUT2D eigenvalue weighted by atomic mass is 15.3. The zero-order valence-corrected chi connectivity index (χ0v) is 14.1. The van der Waals surface area contributed by atoms with E-state index < -0.39 is 0 Å². The van der Waals surface area contributed by atoms with Gasteiger partial charge in [-0.1, -0.05) is 0 Å². The summed E-state index contributed by atoms with van der Waals surface area (Å²) < 4.78 is 2.13. The van der Waals surface area contributed by atoms with Gasteiger partial charge in [0.15, 0.2) is 11.3 Å². The van der Waals surface area contributed by atoms with Crippen LogP contribution < -0.4 is 0 Å². The van der Waals surface area contributed by atoms with Crippen molar-refractivity contribution in [1.82, 2.24) is 29.5 Å². The summed E-state index contributed by atoms with van der Waals surface area (Å²) in [6.45, 7) is 0. The zero-order chi connectivity index (χ0) is 17.5. The van der Waals surface area contributed by atoms with Crippen molar-refractivity contribution in [2.75, 3.05) is 0 Å². The fourth-order valence-corrected chi connectivity index (χ4v) is 4.06. The molecule has 0 aliphatic heterocycles. The molecule has 1 aliphatic rings. The van der Waals surface area contributed by atoms with E-state index in [0.717, 1.165) is 54.0 Å². The summed E-state index contributed by atoms with van der Waals surface area (Å²) in [6.07, 6.45) is 9.61. The third-order valence-electron chi connectivity index (χ3n) is 5.33.